The van der Waals surface area contributed by atoms with E-state index in [1.54, 1.807) is 23.5 Å². The minimum absolute atomic E-state index is 0.0166. The Bertz CT molecular complexity index is 476. The first kappa shape index (κ1) is 26.1. The molecule has 0 unspecified atom stereocenters. The highest BCUT2D eigenvalue weighted by Gasteiger charge is 2.05. The van der Waals surface area contributed by atoms with Crippen LogP contribution >= 0.6 is 23.5 Å². The van der Waals surface area contributed by atoms with Crippen LogP contribution in [0.3, 0.4) is 0 Å². The lowest BCUT2D eigenvalue weighted by molar-refractivity contribution is -0.149. The maximum Gasteiger partial charge on any atom is 0.330 e. The first-order chi connectivity index (χ1) is 13.5. The van der Waals surface area contributed by atoms with E-state index in [4.69, 9.17) is 9.47 Å². The average Bonchev–Trinajstić information content (AvgIpc) is 2.69. The summed E-state index contributed by atoms with van der Waals surface area (Å²) in [5.41, 5.74) is 0. The van der Waals surface area contributed by atoms with Crippen molar-refractivity contribution in [2.75, 3.05) is 49.4 Å². The summed E-state index contributed by atoms with van der Waals surface area (Å²) < 4.78 is 19.2. The summed E-state index contributed by atoms with van der Waals surface area (Å²) in [7, 11) is 0. The molecule has 10 heteroatoms. The summed E-state index contributed by atoms with van der Waals surface area (Å²) in [6.07, 6.45) is 2.66. The highest BCUT2D eigenvalue weighted by molar-refractivity contribution is 8.02. The standard InChI is InChI=1S/C18H26O8S2/c1-3-15(19)23-7-9-25-17(21)5-11-27-13-14-28-12-6-18(22)26-10-8-24-16(20)4-2/h3-4H,1-2,5-14H2. The van der Waals surface area contributed by atoms with Crippen LogP contribution in [0.15, 0.2) is 25.3 Å². The number of ether oxygens (including phenoxy) is 4. The molecule has 0 aromatic carbocycles. The molecular formula is C18H26O8S2. The van der Waals surface area contributed by atoms with Gasteiger partial charge in [-0.25, -0.2) is 9.59 Å². The molecule has 0 heterocycles. The molecule has 28 heavy (non-hydrogen) atoms. The van der Waals surface area contributed by atoms with Gasteiger partial charge in [0.25, 0.3) is 0 Å². The minimum Gasteiger partial charge on any atom is -0.462 e. The molecule has 0 bridgehead atoms. The second-order valence-electron chi connectivity index (χ2n) is 4.91. The zero-order valence-electron chi connectivity index (χ0n) is 15.7. The summed E-state index contributed by atoms with van der Waals surface area (Å²) in [4.78, 5) is 44.4. The normalized spacial score (nSPS) is 9.86. The predicted octanol–water partition coefficient (Wildman–Crippen LogP) is 1.78. The number of esters is 4. The Labute approximate surface area is 173 Å². The molecule has 0 aliphatic carbocycles. The summed E-state index contributed by atoms with van der Waals surface area (Å²) in [5.74, 6) is 1.20. The van der Waals surface area contributed by atoms with Crippen LogP contribution in [0, 0.1) is 0 Å². The Morgan fingerprint density at radius 1 is 0.607 bits per heavy atom. The lowest BCUT2D eigenvalue weighted by Crippen LogP contribution is -2.13. The minimum atomic E-state index is -0.550. The van der Waals surface area contributed by atoms with E-state index in [1.165, 1.54) is 0 Å². The van der Waals surface area contributed by atoms with Gasteiger partial charge in [0.05, 0.1) is 12.8 Å². The maximum atomic E-state index is 11.4. The van der Waals surface area contributed by atoms with E-state index < -0.39 is 11.9 Å². The third kappa shape index (κ3) is 17.5. The van der Waals surface area contributed by atoms with Crippen LogP contribution in [0.1, 0.15) is 12.8 Å². The molecule has 0 fully saturated rings. The number of rotatable bonds is 17. The molecule has 0 atom stereocenters. The molecular weight excluding hydrogens is 408 g/mol. The number of hydrogen-bond acceptors (Lipinski definition) is 10. The molecule has 0 aliphatic rings. The van der Waals surface area contributed by atoms with E-state index in [2.05, 4.69) is 22.6 Å². The van der Waals surface area contributed by atoms with Crippen molar-refractivity contribution < 1.29 is 38.1 Å². The van der Waals surface area contributed by atoms with Gasteiger partial charge >= 0.3 is 23.9 Å². The van der Waals surface area contributed by atoms with Crippen LogP contribution < -0.4 is 0 Å². The van der Waals surface area contributed by atoms with Crippen LogP contribution in [-0.2, 0) is 38.1 Å². The monoisotopic (exact) mass is 434 g/mol. The van der Waals surface area contributed by atoms with Gasteiger partial charge in [0, 0.05) is 35.2 Å². The van der Waals surface area contributed by atoms with Crippen LogP contribution in [-0.4, -0.2) is 73.3 Å². The van der Waals surface area contributed by atoms with E-state index in [9.17, 15) is 19.2 Å². The molecule has 0 aromatic heterocycles. The van der Waals surface area contributed by atoms with Crippen molar-refractivity contribution >= 4 is 47.4 Å². The summed E-state index contributed by atoms with van der Waals surface area (Å²) >= 11 is 3.23. The number of thioether (sulfide) groups is 2. The van der Waals surface area contributed by atoms with Gasteiger partial charge in [-0.05, 0) is 0 Å². The lowest BCUT2D eigenvalue weighted by Gasteiger charge is -2.06. The van der Waals surface area contributed by atoms with Crippen LogP contribution in [0.5, 0.6) is 0 Å². The number of carbonyl (C=O) groups excluding carboxylic acids is 4. The second-order valence-corrected chi connectivity index (χ2v) is 7.36. The van der Waals surface area contributed by atoms with Gasteiger partial charge in [-0.3, -0.25) is 9.59 Å². The molecule has 8 nitrogen and oxygen atoms in total. The fourth-order valence-corrected chi connectivity index (χ4v) is 3.46. The molecule has 0 saturated carbocycles. The zero-order valence-corrected chi connectivity index (χ0v) is 17.4. The van der Waals surface area contributed by atoms with Crippen molar-refractivity contribution in [1.29, 1.82) is 0 Å². The van der Waals surface area contributed by atoms with Crippen molar-refractivity contribution in [3.05, 3.63) is 25.3 Å². The third-order valence-corrected chi connectivity index (χ3v) is 5.02. The maximum absolute atomic E-state index is 11.4. The molecule has 0 amide bonds. The highest BCUT2D eigenvalue weighted by atomic mass is 32.2. The first-order valence-corrected chi connectivity index (χ1v) is 10.9. The Morgan fingerprint density at radius 2 is 0.964 bits per heavy atom. The van der Waals surface area contributed by atoms with E-state index in [-0.39, 0.29) is 51.2 Å². The Balaban J connectivity index is 3.38. The van der Waals surface area contributed by atoms with Crippen LogP contribution in [0.4, 0.5) is 0 Å². The predicted molar refractivity (Wildman–Crippen MR) is 108 cm³/mol. The van der Waals surface area contributed by atoms with E-state index in [1.807, 2.05) is 0 Å². The summed E-state index contributed by atoms with van der Waals surface area (Å²) in [6, 6.07) is 0. The van der Waals surface area contributed by atoms with Gasteiger partial charge in [0.2, 0.25) is 0 Å². The zero-order chi connectivity index (χ0) is 21.0. The first-order valence-electron chi connectivity index (χ1n) is 8.54. The van der Waals surface area contributed by atoms with Crippen molar-refractivity contribution in [1.82, 2.24) is 0 Å². The van der Waals surface area contributed by atoms with Gasteiger partial charge in [-0.15, -0.1) is 0 Å². The molecule has 0 N–H and O–H groups in total. The number of carbonyl (C=O) groups is 4. The van der Waals surface area contributed by atoms with Crippen LogP contribution in [0.2, 0.25) is 0 Å². The SMILES string of the molecule is C=CC(=O)OCCOC(=O)CCSCCSCCC(=O)OCCOC(=O)C=C. The largest absolute Gasteiger partial charge is 0.462 e. The van der Waals surface area contributed by atoms with E-state index >= 15 is 0 Å². The smallest absolute Gasteiger partial charge is 0.330 e. The van der Waals surface area contributed by atoms with Crippen molar-refractivity contribution in [2.24, 2.45) is 0 Å². The Morgan fingerprint density at radius 3 is 1.32 bits per heavy atom. The molecule has 0 spiro atoms. The van der Waals surface area contributed by atoms with Gasteiger partial charge < -0.3 is 18.9 Å². The van der Waals surface area contributed by atoms with Gasteiger partial charge in [0.1, 0.15) is 26.4 Å². The molecule has 0 rings (SSSR count). The molecule has 158 valence electrons. The summed E-state index contributed by atoms with van der Waals surface area (Å²) in [6.45, 7) is 6.61. The fraction of sp³-hybridized carbons (Fsp3) is 0.556. The van der Waals surface area contributed by atoms with Crippen molar-refractivity contribution in [2.45, 2.75) is 12.8 Å². The molecule has 0 radical (unpaired) electrons. The Kier molecular flexibility index (Phi) is 17.1. The highest BCUT2D eigenvalue weighted by Crippen LogP contribution is 2.10. The molecule has 0 saturated heterocycles. The fourth-order valence-electron chi connectivity index (χ4n) is 1.49. The molecule has 0 aromatic rings. The van der Waals surface area contributed by atoms with E-state index in [0.717, 1.165) is 23.7 Å². The van der Waals surface area contributed by atoms with Gasteiger partial charge in [0.15, 0.2) is 0 Å². The topological polar surface area (TPSA) is 105 Å². The van der Waals surface area contributed by atoms with Gasteiger partial charge in [-0.2, -0.15) is 23.5 Å². The average molecular weight is 435 g/mol. The van der Waals surface area contributed by atoms with Crippen LogP contribution in [0.25, 0.3) is 0 Å². The lowest BCUT2D eigenvalue weighted by atomic mass is 10.5. The van der Waals surface area contributed by atoms with Crippen molar-refractivity contribution in [3.63, 3.8) is 0 Å². The van der Waals surface area contributed by atoms with E-state index in [0.29, 0.717) is 11.5 Å². The Hall–Kier alpha value is -1.94. The second kappa shape index (κ2) is 18.4. The quantitative estimate of drug-likeness (QED) is 0.146. The number of hydrogen-bond donors (Lipinski definition) is 0. The molecule has 0 aliphatic heterocycles. The third-order valence-electron chi connectivity index (χ3n) is 2.79. The van der Waals surface area contributed by atoms with Gasteiger partial charge in [-0.1, -0.05) is 13.2 Å². The summed E-state index contributed by atoms with van der Waals surface area (Å²) in [5, 5.41) is 0. The van der Waals surface area contributed by atoms with Crippen molar-refractivity contribution in [3.8, 4) is 0 Å².